The molecule has 1 aromatic carbocycles. The number of benzene rings is 1. The molecule has 0 bridgehead atoms. The first-order valence-corrected chi connectivity index (χ1v) is 4.84. The summed E-state index contributed by atoms with van der Waals surface area (Å²) in [5.41, 5.74) is 1.39. The van der Waals surface area contributed by atoms with E-state index in [4.69, 9.17) is 4.74 Å². The van der Waals surface area contributed by atoms with Crippen LogP contribution in [0.25, 0.3) is 0 Å². The Morgan fingerprint density at radius 3 is 2.85 bits per heavy atom. The highest BCUT2D eigenvalue weighted by Gasteiger charge is 2.13. The van der Waals surface area contributed by atoms with Crippen molar-refractivity contribution < 1.29 is 4.74 Å². The number of rotatable bonds is 3. The molecule has 1 unspecified atom stereocenters. The SMILES string of the molecule is c1ccc(CCC2NCCO2)cc1. The van der Waals surface area contributed by atoms with Gasteiger partial charge < -0.3 is 4.74 Å². The zero-order valence-corrected chi connectivity index (χ0v) is 7.70. The molecule has 1 N–H and O–H groups in total. The van der Waals surface area contributed by atoms with Gasteiger partial charge in [0.15, 0.2) is 0 Å². The van der Waals surface area contributed by atoms with Crippen molar-refractivity contribution >= 4 is 0 Å². The fraction of sp³-hybridized carbons (Fsp3) is 0.455. The van der Waals surface area contributed by atoms with Crippen LogP contribution in [0.4, 0.5) is 0 Å². The van der Waals surface area contributed by atoms with Crippen LogP contribution in [0.3, 0.4) is 0 Å². The van der Waals surface area contributed by atoms with Crippen LogP contribution in [0.15, 0.2) is 30.3 Å². The summed E-state index contributed by atoms with van der Waals surface area (Å²) in [7, 11) is 0. The van der Waals surface area contributed by atoms with Gasteiger partial charge in [-0.15, -0.1) is 0 Å². The van der Waals surface area contributed by atoms with Crippen LogP contribution < -0.4 is 5.32 Å². The summed E-state index contributed by atoms with van der Waals surface area (Å²) in [6.45, 7) is 1.86. The average molecular weight is 177 g/mol. The van der Waals surface area contributed by atoms with E-state index in [0.29, 0.717) is 0 Å². The molecule has 1 aromatic rings. The Balaban J connectivity index is 1.79. The molecule has 1 aliphatic heterocycles. The van der Waals surface area contributed by atoms with Gasteiger partial charge in [-0.05, 0) is 18.4 Å². The molecule has 0 aliphatic carbocycles. The maximum absolute atomic E-state index is 5.46. The Bertz CT molecular complexity index is 242. The molecule has 2 rings (SSSR count). The number of ether oxygens (including phenoxy) is 1. The third-order valence-corrected chi connectivity index (χ3v) is 2.33. The van der Waals surface area contributed by atoms with Gasteiger partial charge in [0, 0.05) is 6.54 Å². The predicted octanol–water partition coefficient (Wildman–Crippen LogP) is 1.57. The lowest BCUT2D eigenvalue weighted by atomic mass is 10.1. The van der Waals surface area contributed by atoms with E-state index in [1.807, 2.05) is 6.07 Å². The highest BCUT2D eigenvalue weighted by molar-refractivity contribution is 5.14. The number of hydrogen-bond acceptors (Lipinski definition) is 2. The smallest absolute Gasteiger partial charge is 0.108 e. The van der Waals surface area contributed by atoms with Crippen molar-refractivity contribution in [3.63, 3.8) is 0 Å². The van der Waals surface area contributed by atoms with E-state index in [9.17, 15) is 0 Å². The second-order valence-electron chi connectivity index (χ2n) is 3.34. The van der Waals surface area contributed by atoms with Gasteiger partial charge in [0.25, 0.3) is 0 Å². The van der Waals surface area contributed by atoms with E-state index >= 15 is 0 Å². The average Bonchev–Trinajstić information content (AvgIpc) is 2.69. The van der Waals surface area contributed by atoms with E-state index in [-0.39, 0.29) is 6.23 Å². The lowest BCUT2D eigenvalue weighted by Crippen LogP contribution is -2.22. The fourth-order valence-corrected chi connectivity index (χ4v) is 1.61. The molecular formula is C11H15NO. The molecule has 1 fully saturated rings. The molecule has 1 saturated heterocycles. The first kappa shape index (κ1) is 8.73. The van der Waals surface area contributed by atoms with E-state index in [2.05, 4.69) is 29.6 Å². The van der Waals surface area contributed by atoms with E-state index < -0.39 is 0 Å². The minimum Gasteiger partial charge on any atom is -0.362 e. The molecule has 1 heterocycles. The van der Waals surface area contributed by atoms with Gasteiger partial charge in [-0.25, -0.2) is 0 Å². The molecule has 1 aliphatic rings. The Labute approximate surface area is 78.9 Å². The van der Waals surface area contributed by atoms with Gasteiger partial charge in [-0.2, -0.15) is 0 Å². The molecule has 1 atom stereocenters. The lowest BCUT2D eigenvalue weighted by Gasteiger charge is -2.08. The number of hydrogen-bond donors (Lipinski definition) is 1. The molecule has 70 valence electrons. The zero-order chi connectivity index (χ0) is 8.93. The normalized spacial score (nSPS) is 22.0. The summed E-state index contributed by atoms with van der Waals surface area (Å²) in [6, 6.07) is 10.5. The van der Waals surface area contributed by atoms with Crippen molar-refractivity contribution in [2.75, 3.05) is 13.2 Å². The molecule has 0 saturated carbocycles. The number of nitrogens with one attached hydrogen (secondary N) is 1. The van der Waals surface area contributed by atoms with Gasteiger partial charge >= 0.3 is 0 Å². The molecule has 0 aromatic heterocycles. The van der Waals surface area contributed by atoms with Gasteiger partial charge in [0.2, 0.25) is 0 Å². The van der Waals surface area contributed by atoms with Crippen LogP contribution >= 0.6 is 0 Å². The molecule has 2 nitrogen and oxygen atoms in total. The minimum atomic E-state index is 0.278. The largest absolute Gasteiger partial charge is 0.362 e. The van der Waals surface area contributed by atoms with Crippen molar-refractivity contribution in [2.45, 2.75) is 19.1 Å². The van der Waals surface area contributed by atoms with Gasteiger partial charge in [-0.3, -0.25) is 5.32 Å². The summed E-state index contributed by atoms with van der Waals surface area (Å²) >= 11 is 0. The summed E-state index contributed by atoms with van der Waals surface area (Å²) in [5, 5.41) is 3.30. The highest BCUT2D eigenvalue weighted by Crippen LogP contribution is 2.07. The maximum Gasteiger partial charge on any atom is 0.108 e. The third-order valence-electron chi connectivity index (χ3n) is 2.33. The van der Waals surface area contributed by atoms with Crippen molar-refractivity contribution in [2.24, 2.45) is 0 Å². The van der Waals surface area contributed by atoms with Gasteiger partial charge in [0.05, 0.1) is 6.61 Å². The monoisotopic (exact) mass is 177 g/mol. The molecule has 2 heteroatoms. The second kappa shape index (κ2) is 4.40. The van der Waals surface area contributed by atoms with Crippen LogP contribution in [-0.2, 0) is 11.2 Å². The van der Waals surface area contributed by atoms with E-state index in [0.717, 1.165) is 26.0 Å². The highest BCUT2D eigenvalue weighted by atomic mass is 16.5. The molecule has 0 spiro atoms. The Morgan fingerprint density at radius 2 is 2.15 bits per heavy atom. The Hall–Kier alpha value is -0.860. The first-order chi connectivity index (χ1) is 6.45. The number of aryl methyl sites for hydroxylation is 1. The standard InChI is InChI=1S/C11H15NO/c1-2-4-10(5-3-1)6-7-11-12-8-9-13-11/h1-5,11-12H,6-9H2. The first-order valence-electron chi connectivity index (χ1n) is 4.84. The summed E-state index contributed by atoms with van der Waals surface area (Å²) < 4.78 is 5.46. The summed E-state index contributed by atoms with van der Waals surface area (Å²) in [5.74, 6) is 0. The van der Waals surface area contributed by atoms with E-state index in [1.54, 1.807) is 0 Å². The van der Waals surface area contributed by atoms with Crippen molar-refractivity contribution in [3.05, 3.63) is 35.9 Å². The fourth-order valence-electron chi connectivity index (χ4n) is 1.61. The van der Waals surface area contributed by atoms with Crippen LogP contribution in [0.1, 0.15) is 12.0 Å². The topological polar surface area (TPSA) is 21.3 Å². The van der Waals surface area contributed by atoms with Crippen LogP contribution in [0.2, 0.25) is 0 Å². The second-order valence-corrected chi connectivity index (χ2v) is 3.34. The molecular weight excluding hydrogens is 162 g/mol. The van der Waals surface area contributed by atoms with E-state index in [1.165, 1.54) is 5.56 Å². The predicted molar refractivity (Wildman–Crippen MR) is 52.5 cm³/mol. The zero-order valence-electron chi connectivity index (χ0n) is 7.70. The summed E-state index contributed by atoms with van der Waals surface area (Å²) in [6.07, 6.45) is 2.45. The van der Waals surface area contributed by atoms with Crippen LogP contribution in [0, 0.1) is 0 Å². The van der Waals surface area contributed by atoms with Crippen LogP contribution in [-0.4, -0.2) is 19.4 Å². The van der Waals surface area contributed by atoms with Crippen LogP contribution in [0.5, 0.6) is 0 Å². The third kappa shape index (κ3) is 2.54. The molecule has 13 heavy (non-hydrogen) atoms. The Morgan fingerprint density at radius 1 is 1.31 bits per heavy atom. The minimum absolute atomic E-state index is 0.278. The summed E-state index contributed by atoms with van der Waals surface area (Å²) in [4.78, 5) is 0. The van der Waals surface area contributed by atoms with Crippen molar-refractivity contribution in [1.29, 1.82) is 0 Å². The Kier molecular flexibility index (Phi) is 2.95. The molecule has 0 amide bonds. The quantitative estimate of drug-likeness (QED) is 0.756. The van der Waals surface area contributed by atoms with Crippen molar-refractivity contribution in [3.8, 4) is 0 Å². The van der Waals surface area contributed by atoms with Gasteiger partial charge in [-0.1, -0.05) is 30.3 Å². The lowest BCUT2D eigenvalue weighted by molar-refractivity contribution is 0.0946. The van der Waals surface area contributed by atoms with Crippen molar-refractivity contribution in [1.82, 2.24) is 5.32 Å². The molecule has 0 radical (unpaired) electrons. The maximum atomic E-state index is 5.46. The van der Waals surface area contributed by atoms with Gasteiger partial charge in [0.1, 0.15) is 6.23 Å².